The van der Waals surface area contributed by atoms with Crippen molar-refractivity contribution >= 4 is 56.4 Å². The van der Waals surface area contributed by atoms with E-state index in [1.165, 1.54) is 0 Å². The summed E-state index contributed by atoms with van der Waals surface area (Å²) in [5.41, 5.74) is 0.677. The maximum Gasteiger partial charge on any atom is 0.218 e. The normalized spacial score (nSPS) is 33.4. The number of fused-ring (bicyclic) bond motifs is 1. The fraction of sp³-hybridized carbons (Fsp3) is 0.364. The Balaban J connectivity index is 2.02. The van der Waals surface area contributed by atoms with Crippen LogP contribution in [0.1, 0.15) is 0 Å². The van der Waals surface area contributed by atoms with E-state index in [-0.39, 0.29) is 23.6 Å². The summed E-state index contributed by atoms with van der Waals surface area (Å²) >= 11 is 17.5. The molecule has 0 spiro atoms. The molecule has 0 aromatic heterocycles. The molecular formula is C11H11Cl2N2O2S2+. The third-order valence-corrected chi connectivity index (χ3v) is 6.25. The van der Waals surface area contributed by atoms with Crippen LogP contribution in [0.2, 0.25) is 10.0 Å². The van der Waals surface area contributed by atoms with Gasteiger partial charge >= 0.3 is 0 Å². The number of halogens is 2. The largest absolute Gasteiger partial charge is 0.352 e. The van der Waals surface area contributed by atoms with Crippen LogP contribution in [0.5, 0.6) is 0 Å². The molecule has 4 nitrogen and oxygen atoms in total. The summed E-state index contributed by atoms with van der Waals surface area (Å²) < 4.78 is 21.6. The van der Waals surface area contributed by atoms with Crippen LogP contribution in [0.4, 0.5) is 5.69 Å². The van der Waals surface area contributed by atoms with Crippen molar-refractivity contribution in [3.8, 4) is 0 Å². The van der Waals surface area contributed by atoms with E-state index in [2.05, 4.69) is 5.32 Å². The number of rotatable bonds is 1. The summed E-state index contributed by atoms with van der Waals surface area (Å²) in [7, 11) is -2.78. The van der Waals surface area contributed by atoms with Gasteiger partial charge in [-0.3, -0.25) is 0 Å². The van der Waals surface area contributed by atoms with Gasteiger partial charge in [0.05, 0.1) is 15.7 Å². The number of nitrogens with one attached hydrogen (secondary N) is 1. The van der Waals surface area contributed by atoms with Crippen molar-refractivity contribution in [2.45, 2.75) is 12.1 Å². The Morgan fingerprint density at radius 1 is 1.42 bits per heavy atom. The molecule has 1 aromatic rings. The predicted octanol–water partition coefficient (Wildman–Crippen LogP) is 2.41. The lowest BCUT2D eigenvalue weighted by molar-refractivity contribution is 0.502. The first-order valence-corrected chi connectivity index (χ1v) is 8.66. The lowest BCUT2D eigenvalue weighted by Crippen LogP contribution is -2.37. The molecule has 0 radical (unpaired) electrons. The van der Waals surface area contributed by atoms with E-state index in [4.69, 9.17) is 35.4 Å². The molecule has 0 aliphatic carbocycles. The predicted molar refractivity (Wildman–Crippen MR) is 82.7 cm³/mol. The third-order valence-electron chi connectivity index (χ3n) is 3.39. The molecule has 0 saturated carbocycles. The Morgan fingerprint density at radius 2 is 2.16 bits per heavy atom. The topological polar surface area (TPSA) is 52.6 Å². The van der Waals surface area contributed by atoms with Gasteiger partial charge in [-0.25, -0.2) is 0 Å². The van der Waals surface area contributed by atoms with E-state index in [9.17, 15) is 8.76 Å². The Hall–Kier alpha value is -0.400. The van der Waals surface area contributed by atoms with Crippen molar-refractivity contribution in [1.29, 1.82) is 0 Å². The van der Waals surface area contributed by atoms with Crippen molar-refractivity contribution in [2.75, 3.05) is 16.4 Å². The summed E-state index contributed by atoms with van der Waals surface area (Å²) in [6.45, 7) is 0. The molecule has 102 valence electrons. The van der Waals surface area contributed by atoms with Crippen molar-refractivity contribution in [3.63, 3.8) is 0 Å². The van der Waals surface area contributed by atoms with Crippen LogP contribution in [0.25, 0.3) is 0 Å². The number of thiocarbonyl (C=S) groups is 1. The number of nitrogens with zero attached hydrogens (tertiary/aromatic N) is 1. The minimum Gasteiger partial charge on any atom is -0.352 e. The van der Waals surface area contributed by atoms with Gasteiger partial charge in [-0.1, -0.05) is 33.5 Å². The Kier molecular flexibility index (Phi) is 3.26. The van der Waals surface area contributed by atoms with Crippen LogP contribution < -0.4 is 10.2 Å². The van der Waals surface area contributed by atoms with E-state index in [0.717, 1.165) is 0 Å². The number of hydrogen-bond donors (Lipinski definition) is 2. The second-order valence-corrected chi connectivity index (χ2v) is 8.06. The summed E-state index contributed by atoms with van der Waals surface area (Å²) in [5.74, 6) is 0.403. The molecule has 2 heterocycles. The maximum atomic E-state index is 11.8. The quantitative estimate of drug-likeness (QED) is 0.608. The first kappa shape index (κ1) is 13.6. The fourth-order valence-corrected chi connectivity index (χ4v) is 5.27. The highest BCUT2D eigenvalue weighted by atomic mass is 35.5. The highest BCUT2D eigenvalue weighted by Gasteiger charge is 2.54. The summed E-state index contributed by atoms with van der Waals surface area (Å²) in [6.07, 6.45) is 0. The SMILES string of the molecule is O=[S+]1(O)C[C@@H]2[C@@H](C1)NC(=S)N2c1cccc(Cl)c1Cl. The van der Waals surface area contributed by atoms with Gasteiger partial charge in [0.2, 0.25) is 10.2 Å². The van der Waals surface area contributed by atoms with Crippen LogP contribution in [-0.2, 0) is 14.4 Å². The Bertz CT molecular complexity index is 610. The Labute approximate surface area is 127 Å². The molecule has 0 amide bonds. The molecule has 2 saturated heterocycles. The monoisotopic (exact) mass is 337 g/mol. The lowest BCUT2D eigenvalue weighted by atomic mass is 10.1. The highest BCUT2D eigenvalue weighted by Crippen LogP contribution is 2.38. The second-order valence-electron chi connectivity index (χ2n) is 4.67. The Morgan fingerprint density at radius 3 is 2.89 bits per heavy atom. The van der Waals surface area contributed by atoms with Crippen molar-refractivity contribution in [2.24, 2.45) is 0 Å². The van der Waals surface area contributed by atoms with Gasteiger partial charge < -0.3 is 10.2 Å². The van der Waals surface area contributed by atoms with Crippen LogP contribution in [0.3, 0.4) is 0 Å². The van der Waals surface area contributed by atoms with Crippen molar-refractivity contribution < 1.29 is 8.76 Å². The molecule has 2 N–H and O–H groups in total. The zero-order valence-electron chi connectivity index (χ0n) is 9.68. The number of benzene rings is 1. The number of hydrogen-bond acceptors (Lipinski definition) is 2. The van der Waals surface area contributed by atoms with Crippen molar-refractivity contribution in [1.82, 2.24) is 5.32 Å². The van der Waals surface area contributed by atoms with Gasteiger partial charge in [-0.05, 0) is 24.4 Å². The van der Waals surface area contributed by atoms with E-state index < -0.39 is 10.2 Å². The average molecular weight is 338 g/mol. The van der Waals surface area contributed by atoms with Crippen LogP contribution in [-0.4, -0.2) is 33.3 Å². The van der Waals surface area contributed by atoms with Gasteiger partial charge in [0.1, 0.15) is 12.1 Å². The molecule has 19 heavy (non-hydrogen) atoms. The molecule has 1 aromatic carbocycles. The summed E-state index contributed by atoms with van der Waals surface area (Å²) in [5, 5.41) is 4.45. The minimum absolute atomic E-state index is 0.111. The van der Waals surface area contributed by atoms with Crippen LogP contribution >= 0.6 is 35.4 Å². The fourth-order valence-electron chi connectivity index (χ4n) is 2.58. The molecule has 1 unspecified atom stereocenters. The second kappa shape index (κ2) is 4.56. The number of anilines is 1. The molecule has 3 atom stereocenters. The molecular weight excluding hydrogens is 327 g/mol. The molecule has 2 aliphatic heterocycles. The highest BCUT2D eigenvalue weighted by molar-refractivity contribution is 7.98. The van der Waals surface area contributed by atoms with E-state index in [0.29, 0.717) is 20.8 Å². The maximum absolute atomic E-state index is 11.8. The van der Waals surface area contributed by atoms with Gasteiger partial charge in [0.25, 0.3) is 0 Å². The third kappa shape index (κ3) is 2.25. The smallest absolute Gasteiger partial charge is 0.218 e. The summed E-state index contributed by atoms with van der Waals surface area (Å²) in [6, 6.07) is 5.02. The van der Waals surface area contributed by atoms with E-state index >= 15 is 0 Å². The van der Waals surface area contributed by atoms with Gasteiger partial charge in [-0.15, -0.1) is 0 Å². The molecule has 2 fully saturated rings. The first-order chi connectivity index (χ1) is 8.89. The zero-order valence-corrected chi connectivity index (χ0v) is 12.8. The first-order valence-electron chi connectivity index (χ1n) is 5.65. The lowest BCUT2D eigenvalue weighted by Gasteiger charge is -2.23. The molecule has 2 aliphatic rings. The van der Waals surface area contributed by atoms with E-state index in [1.54, 1.807) is 17.0 Å². The van der Waals surface area contributed by atoms with E-state index in [1.807, 2.05) is 6.07 Å². The standard InChI is InChI=1S/C11H10Cl2N2O2S2/c12-6-2-1-3-8(10(6)13)15-9-5-19(16,17)4-7(9)14-11(15)18/h1-3,7,9H,4-5H2,(H-,14,16,17,18)/p+1/t7-,9-/m1/s1. The van der Waals surface area contributed by atoms with Gasteiger partial charge in [-0.2, -0.15) is 4.55 Å². The van der Waals surface area contributed by atoms with Crippen LogP contribution in [0.15, 0.2) is 18.2 Å². The van der Waals surface area contributed by atoms with Gasteiger partial charge in [0, 0.05) is 0 Å². The summed E-state index contributed by atoms with van der Waals surface area (Å²) in [4.78, 5) is 1.80. The molecule has 8 heteroatoms. The van der Waals surface area contributed by atoms with Gasteiger partial charge in [0.15, 0.2) is 16.6 Å². The molecule has 3 rings (SSSR count). The average Bonchev–Trinajstić information content (AvgIpc) is 2.73. The zero-order chi connectivity index (χ0) is 13.8. The molecule has 0 bridgehead atoms. The minimum atomic E-state index is -2.78. The van der Waals surface area contributed by atoms with Crippen molar-refractivity contribution in [3.05, 3.63) is 28.2 Å². The van der Waals surface area contributed by atoms with Crippen LogP contribution in [0, 0.1) is 0 Å².